The van der Waals surface area contributed by atoms with Crippen molar-refractivity contribution < 1.29 is 10.0 Å². The highest BCUT2D eigenvalue weighted by atomic mass is 16.4. The molecule has 100 valence electrons. The van der Waals surface area contributed by atoms with Gasteiger partial charge < -0.3 is 20.3 Å². The Bertz CT molecular complexity index is 740. The first-order valence-corrected chi connectivity index (χ1v) is 6.15. The average molecular weight is 268 g/mol. The summed E-state index contributed by atoms with van der Waals surface area (Å²) in [5, 5.41) is 18.1. The summed E-state index contributed by atoms with van der Waals surface area (Å²) in [6.45, 7) is 0.627. The van der Waals surface area contributed by atoms with Crippen molar-refractivity contribution in [1.82, 2.24) is 14.5 Å². The number of anilines is 1. The molecule has 1 aromatic carbocycles. The Kier molecular flexibility index (Phi) is 3.13. The summed E-state index contributed by atoms with van der Waals surface area (Å²) in [6, 6.07) is 8.95. The van der Waals surface area contributed by atoms with Gasteiger partial charge in [0.25, 0.3) is 0 Å². The molecule has 2 heterocycles. The monoisotopic (exact) mass is 268 g/mol. The SMILES string of the molecule is Nc1nccc2c1ncn2Cc1ccc(B(O)O)cc1. The van der Waals surface area contributed by atoms with Gasteiger partial charge in [-0.15, -0.1) is 0 Å². The van der Waals surface area contributed by atoms with Gasteiger partial charge in [0, 0.05) is 12.7 Å². The molecule has 0 fully saturated rings. The van der Waals surface area contributed by atoms with Crippen LogP contribution in [0.15, 0.2) is 42.9 Å². The van der Waals surface area contributed by atoms with E-state index in [1.165, 1.54) is 0 Å². The van der Waals surface area contributed by atoms with E-state index >= 15 is 0 Å². The summed E-state index contributed by atoms with van der Waals surface area (Å²) in [4.78, 5) is 8.26. The van der Waals surface area contributed by atoms with Crippen LogP contribution in [-0.2, 0) is 6.54 Å². The van der Waals surface area contributed by atoms with Gasteiger partial charge in [0.05, 0.1) is 11.8 Å². The van der Waals surface area contributed by atoms with E-state index in [2.05, 4.69) is 9.97 Å². The zero-order valence-corrected chi connectivity index (χ0v) is 10.6. The molecule has 0 unspecified atom stereocenters. The first-order chi connectivity index (χ1) is 9.65. The fraction of sp³-hybridized carbons (Fsp3) is 0.0769. The first kappa shape index (κ1) is 12.6. The smallest absolute Gasteiger partial charge is 0.423 e. The number of imidazole rings is 1. The van der Waals surface area contributed by atoms with Gasteiger partial charge in [-0.2, -0.15) is 0 Å². The molecule has 0 saturated carbocycles. The molecule has 0 aliphatic carbocycles. The van der Waals surface area contributed by atoms with Crippen molar-refractivity contribution in [2.45, 2.75) is 6.54 Å². The van der Waals surface area contributed by atoms with Crippen LogP contribution in [0.3, 0.4) is 0 Å². The molecular weight excluding hydrogens is 255 g/mol. The quantitative estimate of drug-likeness (QED) is 0.569. The molecule has 0 atom stereocenters. The molecule has 0 spiro atoms. The largest absolute Gasteiger partial charge is 0.488 e. The van der Waals surface area contributed by atoms with E-state index in [-0.39, 0.29) is 0 Å². The molecule has 7 heteroatoms. The number of aromatic nitrogens is 3. The fourth-order valence-electron chi connectivity index (χ4n) is 2.13. The molecule has 0 radical (unpaired) electrons. The van der Waals surface area contributed by atoms with E-state index in [9.17, 15) is 0 Å². The van der Waals surface area contributed by atoms with Crippen LogP contribution in [0.5, 0.6) is 0 Å². The minimum atomic E-state index is -1.44. The summed E-state index contributed by atoms with van der Waals surface area (Å²) in [7, 11) is -1.44. The van der Waals surface area contributed by atoms with Crippen molar-refractivity contribution in [2.75, 3.05) is 5.73 Å². The lowest BCUT2D eigenvalue weighted by Gasteiger charge is -2.06. The summed E-state index contributed by atoms with van der Waals surface area (Å²) < 4.78 is 1.97. The predicted octanol–water partition coefficient (Wildman–Crippen LogP) is -0.258. The molecule has 2 aromatic heterocycles. The number of nitrogens with zero attached hydrogens (tertiary/aromatic N) is 3. The van der Waals surface area contributed by atoms with Crippen LogP contribution < -0.4 is 11.2 Å². The lowest BCUT2D eigenvalue weighted by atomic mass is 9.80. The van der Waals surface area contributed by atoms with E-state index in [4.69, 9.17) is 15.8 Å². The van der Waals surface area contributed by atoms with Crippen LogP contribution in [0.1, 0.15) is 5.56 Å². The Morgan fingerprint density at radius 3 is 2.55 bits per heavy atom. The second-order valence-electron chi connectivity index (χ2n) is 4.55. The standard InChI is InChI=1S/C13H13BN4O2/c15-13-12-11(5-6-16-13)18(8-17-12)7-9-1-3-10(4-2-9)14(19)20/h1-6,8,19-20H,7H2,(H2,15,16). The molecule has 6 nitrogen and oxygen atoms in total. The van der Waals surface area contributed by atoms with Gasteiger partial charge in [-0.25, -0.2) is 9.97 Å². The lowest BCUT2D eigenvalue weighted by Crippen LogP contribution is -2.29. The molecule has 20 heavy (non-hydrogen) atoms. The van der Waals surface area contributed by atoms with Crippen LogP contribution in [-0.4, -0.2) is 31.7 Å². The average Bonchev–Trinajstić information content (AvgIpc) is 2.84. The Labute approximate surface area is 115 Å². The second kappa shape index (κ2) is 4.95. The van der Waals surface area contributed by atoms with Crippen LogP contribution in [0.4, 0.5) is 5.82 Å². The lowest BCUT2D eigenvalue weighted by molar-refractivity contribution is 0.426. The van der Waals surface area contributed by atoms with Crippen molar-refractivity contribution in [2.24, 2.45) is 0 Å². The van der Waals surface area contributed by atoms with Gasteiger partial charge in [-0.05, 0) is 17.1 Å². The van der Waals surface area contributed by atoms with E-state index < -0.39 is 7.12 Å². The molecule has 3 rings (SSSR count). The number of benzene rings is 1. The second-order valence-corrected chi connectivity index (χ2v) is 4.55. The van der Waals surface area contributed by atoms with Gasteiger partial charge in [0.2, 0.25) is 0 Å². The highest BCUT2D eigenvalue weighted by Gasteiger charge is 2.10. The van der Waals surface area contributed by atoms with Crippen molar-refractivity contribution in [1.29, 1.82) is 0 Å². The molecular formula is C13H13BN4O2. The Balaban J connectivity index is 1.91. The number of pyridine rings is 1. The number of rotatable bonds is 3. The van der Waals surface area contributed by atoms with Crippen molar-refractivity contribution in [3.63, 3.8) is 0 Å². The Morgan fingerprint density at radius 2 is 1.85 bits per heavy atom. The van der Waals surface area contributed by atoms with E-state index in [1.54, 1.807) is 24.7 Å². The van der Waals surface area contributed by atoms with Crippen molar-refractivity contribution in [3.8, 4) is 0 Å². The molecule has 0 saturated heterocycles. The minimum Gasteiger partial charge on any atom is -0.423 e. The minimum absolute atomic E-state index is 0.417. The predicted molar refractivity (Wildman–Crippen MR) is 77.3 cm³/mol. The molecule has 0 bridgehead atoms. The summed E-state index contributed by atoms with van der Waals surface area (Å²) >= 11 is 0. The van der Waals surface area contributed by atoms with Crippen LogP contribution in [0.2, 0.25) is 0 Å². The van der Waals surface area contributed by atoms with Gasteiger partial charge >= 0.3 is 7.12 Å². The normalized spacial score (nSPS) is 10.9. The number of nitrogen functional groups attached to an aromatic ring is 1. The maximum Gasteiger partial charge on any atom is 0.488 e. The number of hydrogen-bond acceptors (Lipinski definition) is 5. The fourth-order valence-corrected chi connectivity index (χ4v) is 2.13. The molecule has 0 amide bonds. The highest BCUT2D eigenvalue weighted by Crippen LogP contribution is 2.17. The number of nitrogens with two attached hydrogens (primary N) is 1. The third kappa shape index (κ3) is 2.24. The maximum atomic E-state index is 9.06. The zero-order chi connectivity index (χ0) is 14.1. The van der Waals surface area contributed by atoms with Gasteiger partial charge in [-0.3, -0.25) is 0 Å². The molecule has 0 aliphatic heterocycles. The zero-order valence-electron chi connectivity index (χ0n) is 10.6. The van der Waals surface area contributed by atoms with E-state index in [1.807, 2.05) is 22.8 Å². The Hall–Kier alpha value is -2.38. The maximum absolute atomic E-state index is 9.06. The van der Waals surface area contributed by atoms with E-state index in [0.717, 1.165) is 11.1 Å². The molecule has 3 aromatic rings. The van der Waals surface area contributed by atoms with Crippen LogP contribution in [0.25, 0.3) is 11.0 Å². The first-order valence-electron chi connectivity index (χ1n) is 6.15. The highest BCUT2D eigenvalue weighted by molar-refractivity contribution is 6.58. The van der Waals surface area contributed by atoms with Gasteiger partial charge in [0.1, 0.15) is 5.52 Å². The summed E-state index contributed by atoms with van der Waals surface area (Å²) in [6.07, 6.45) is 3.37. The van der Waals surface area contributed by atoms with Gasteiger partial charge in [0.15, 0.2) is 5.82 Å². The van der Waals surface area contributed by atoms with E-state index in [0.29, 0.717) is 23.3 Å². The Morgan fingerprint density at radius 1 is 1.10 bits per heavy atom. The molecule has 0 aliphatic rings. The number of hydrogen-bond donors (Lipinski definition) is 3. The summed E-state index contributed by atoms with van der Waals surface area (Å²) in [5.74, 6) is 0.417. The topological polar surface area (TPSA) is 97.2 Å². The van der Waals surface area contributed by atoms with Crippen LogP contribution >= 0.6 is 0 Å². The van der Waals surface area contributed by atoms with Crippen molar-refractivity contribution >= 4 is 29.4 Å². The van der Waals surface area contributed by atoms with Crippen molar-refractivity contribution in [3.05, 3.63) is 48.4 Å². The summed E-state index contributed by atoms with van der Waals surface area (Å²) in [5.41, 5.74) is 8.89. The number of fused-ring (bicyclic) bond motifs is 1. The third-order valence-corrected chi connectivity index (χ3v) is 3.20. The van der Waals surface area contributed by atoms with Gasteiger partial charge in [-0.1, -0.05) is 24.3 Å². The molecule has 4 N–H and O–H groups in total. The third-order valence-electron chi connectivity index (χ3n) is 3.20. The van der Waals surface area contributed by atoms with Crippen LogP contribution in [0, 0.1) is 0 Å².